The van der Waals surface area contributed by atoms with Gasteiger partial charge in [-0.2, -0.15) is 0 Å². The van der Waals surface area contributed by atoms with E-state index in [1.165, 1.54) is 31.0 Å². The lowest BCUT2D eigenvalue weighted by Crippen LogP contribution is -2.41. The normalized spacial score (nSPS) is 18.8. The lowest BCUT2D eigenvalue weighted by atomic mass is 9.86. The Kier molecular flexibility index (Phi) is 8.01. The Morgan fingerprint density at radius 2 is 2.03 bits per heavy atom. The molecular weight excluding hydrogens is 400 g/mol. The molecule has 8 heteroatoms. The molecule has 2 atom stereocenters. The summed E-state index contributed by atoms with van der Waals surface area (Å²) < 4.78 is 13.5. The molecule has 1 aliphatic rings. The largest absolute Gasteiger partial charge is 0.490 e. The van der Waals surface area contributed by atoms with Gasteiger partial charge in [0, 0.05) is 13.1 Å². The van der Waals surface area contributed by atoms with Crippen molar-refractivity contribution in [2.75, 3.05) is 12.4 Å². The van der Waals surface area contributed by atoms with Gasteiger partial charge in [-0.05, 0) is 50.3 Å². The maximum Gasteiger partial charge on any atom is 0.230 e. The number of amides is 1. The molecule has 30 heavy (non-hydrogen) atoms. The summed E-state index contributed by atoms with van der Waals surface area (Å²) in [5, 5.41) is 12.3. The van der Waals surface area contributed by atoms with Crippen LogP contribution in [0.15, 0.2) is 23.4 Å². The van der Waals surface area contributed by atoms with Crippen LogP contribution in [-0.2, 0) is 18.4 Å². The van der Waals surface area contributed by atoms with E-state index in [4.69, 9.17) is 9.47 Å². The van der Waals surface area contributed by atoms with Gasteiger partial charge in [0.1, 0.15) is 6.61 Å². The topological polar surface area (TPSA) is 78.3 Å². The first-order valence-electron chi connectivity index (χ1n) is 10.6. The fraction of sp³-hybridized carbons (Fsp3) is 0.591. The van der Waals surface area contributed by atoms with Crippen LogP contribution in [0.1, 0.15) is 50.9 Å². The Hall–Kier alpha value is -2.22. The fourth-order valence-electron chi connectivity index (χ4n) is 3.65. The molecule has 164 valence electrons. The van der Waals surface area contributed by atoms with E-state index in [1.54, 1.807) is 0 Å². The number of carbonyl (C=O) groups is 1. The van der Waals surface area contributed by atoms with E-state index < -0.39 is 0 Å². The van der Waals surface area contributed by atoms with Crippen LogP contribution in [0.25, 0.3) is 0 Å². The van der Waals surface area contributed by atoms with Crippen molar-refractivity contribution in [3.05, 3.63) is 29.6 Å². The number of benzene rings is 1. The van der Waals surface area contributed by atoms with Gasteiger partial charge in [0.25, 0.3) is 0 Å². The second kappa shape index (κ2) is 10.7. The molecule has 1 aliphatic carbocycles. The first-order valence-corrected chi connectivity index (χ1v) is 11.6. The van der Waals surface area contributed by atoms with Crippen LogP contribution < -0.4 is 14.8 Å². The Morgan fingerprint density at radius 1 is 1.23 bits per heavy atom. The molecule has 1 aromatic carbocycles. The molecule has 1 saturated carbocycles. The van der Waals surface area contributed by atoms with Gasteiger partial charge in [-0.25, -0.2) is 0 Å². The van der Waals surface area contributed by atoms with Crippen LogP contribution in [0, 0.1) is 12.8 Å². The Morgan fingerprint density at radius 3 is 2.80 bits per heavy atom. The summed E-state index contributed by atoms with van der Waals surface area (Å²) >= 11 is 1.40. The highest BCUT2D eigenvalue weighted by molar-refractivity contribution is 7.99. The highest BCUT2D eigenvalue weighted by Gasteiger charge is 2.23. The lowest BCUT2D eigenvalue weighted by Gasteiger charge is -2.29. The van der Waals surface area contributed by atoms with Crippen molar-refractivity contribution < 1.29 is 14.3 Å². The van der Waals surface area contributed by atoms with Gasteiger partial charge in [-0.1, -0.05) is 37.6 Å². The minimum Gasteiger partial charge on any atom is -0.490 e. The van der Waals surface area contributed by atoms with E-state index >= 15 is 0 Å². The fourth-order valence-corrected chi connectivity index (χ4v) is 4.39. The van der Waals surface area contributed by atoms with Crippen LogP contribution in [0.3, 0.4) is 0 Å². The molecular formula is C22H32N4O3S. The second-order valence-corrected chi connectivity index (χ2v) is 8.80. The predicted molar refractivity (Wildman–Crippen MR) is 118 cm³/mol. The molecule has 1 aromatic heterocycles. The Labute approximate surface area is 182 Å². The van der Waals surface area contributed by atoms with Crippen molar-refractivity contribution in [2.45, 2.75) is 64.3 Å². The van der Waals surface area contributed by atoms with Gasteiger partial charge in [-0.3, -0.25) is 4.79 Å². The van der Waals surface area contributed by atoms with Crippen LogP contribution in [0.4, 0.5) is 0 Å². The quantitative estimate of drug-likeness (QED) is 0.606. The second-order valence-electron chi connectivity index (χ2n) is 7.85. The van der Waals surface area contributed by atoms with Crippen molar-refractivity contribution in [2.24, 2.45) is 13.0 Å². The van der Waals surface area contributed by atoms with Crippen molar-refractivity contribution in [3.8, 4) is 11.5 Å². The van der Waals surface area contributed by atoms with Crippen LogP contribution in [0.5, 0.6) is 11.5 Å². The molecule has 1 amide bonds. The van der Waals surface area contributed by atoms with E-state index in [0.717, 1.165) is 17.7 Å². The SMILES string of the molecule is CCOc1cc(C)ccc1OCc1nnc(SCC(=O)N[C@@H]2CCCC[C@@H]2C)n1C. The number of thioether (sulfide) groups is 1. The number of nitrogens with zero attached hydrogens (tertiary/aromatic N) is 3. The Bertz CT molecular complexity index is 855. The van der Waals surface area contributed by atoms with Gasteiger partial charge in [-0.15, -0.1) is 10.2 Å². The third kappa shape index (κ3) is 5.90. The molecule has 0 unspecified atom stereocenters. The zero-order valence-electron chi connectivity index (χ0n) is 18.3. The smallest absolute Gasteiger partial charge is 0.230 e. The minimum absolute atomic E-state index is 0.0561. The number of aryl methyl sites for hydroxylation is 1. The molecule has 0 bridgehead atoms. The number of nitrogens with one attached hydrogen (secondary N) is 1. The average molecular weight is 433 g/mol. The highest BCUT2D eigenvalue weighted by Crippen LogP contribution is 2.29. The zero-order chi connectivity index (χ0) is 21.5. The zero-order valence-corrected chi connectivity index (χ0v) is 19.1. The van der Waals surface area contributed by atoms with E-state index in [2.05, 4.69) is 22.4 Å². The molecule has 0 saturated heterocycles. The summed E-state index contributed by atoms with van der Waals surface area (Å²) in [6.07, 6.45) is 4.73. The van der Waals surface area contributed by atoms with Gasteiger partial charge >= 0.3 is 0 Å². The van der Waals surface area contributed by atoms with Gasteiger partial charge in [0.15, 0.2) is 22.5 Å². The summed E-state index contributed by atoms with van der Waals surface area (Å²) in [5.41, 5.74) is 1.11. The van der Waals surface area contributed by atoms with Crippen molar-refractivity contribution in [3.63, 3.8) is 0 Å². The van der Waals surface area contributed by atoms with Crippen LogP contribution >= 0.6 is 11.8 Å². The summed E-state index contributed by atoms with van der Waals surface area (Å²) in [4.78, 5) is 12.4. The number of hydrogen-bond donors (Lipinski definition) is 1. The van der Waals surface area contributed by atoms with Gasteiger partial charge in [0.05, 0.1) is 12.4 Å². The number of hydrogen-bond acceptors (Lipinski definition) is 6. The van der Waals surface area contributed by atoms with E-state index in [0.29, 0.717) is 41.0 Å². The molecule has 1 heterocycles. The molecule has 0 spiro atoms. The molecule has 1 fully saturated rings. The molecule has 7 nitrogen and oxygen atoms in total. The third-order valence-corrected chi connectivity index (χ3v) is 6.49. The first-order chi connectivity index (χ1) is 14.5. The third-order valence-electron chi connectivity index (χ3n) is 5.47. The molecule has 3 rings (SSSR count). The van der Waals surface area contributed by atoms with E-state index in [9.17, 15) is 4.79 Å². The average Bonchev–Trinajstić information content (AvgIpc) is 3.07. The standard InChI is InChI=1S/C22H32N4O3S/c1-5-28-19-12-15(2)10-11-18(19)29-13-20-24-25-22(26(20)4)30-14-21(27)23-17-9-7-6-8-16(17)3/h10-12,16-17H,5-9,13-14H2,1-4H3,(H,23,27)/t16-,17+/m0/s1. The van der Waals surface area contributed by atoms with E-state index in [-0.39, 0.29) is 12.5 Å². The number of aromatic nitrogens is 3. The molecule has 0 radical (unpaired) electrons. The first kappa shape index (κ1) is 22.5. The monoisotopic (exact) mass is 432 g/mol. The number of ether oxygens (including phenoxy) is 2. The maximum atomic E-state index is 12.4. The van der Waals surface area contributed by atoms with Crippen molar-refractivity contribution in [1.82, 2.24) is 20.1 Å². The van der Waals surface area contributed by atoms with Crippen LogP contribution in [0.2, 0.25) is 0 Å². The van der Waals surface area contributed by atoms with Gasteiger partial charge in [0.2, 0.25) is 5.91 Å². The summed E-state index contributed by atoms with van der Waals surface area (Å²) in [7, 11) is 1.89. The maximum absolute atomic E-state index is 12.4. The van der Waals surface area contributed by atoms with Gasteiger partial charge < -0.3 is 19.4 Å². The number of carbonyl (C=O) groups excluding carboxylic acids is 1. The minimum atomic E-state index is 0.0561. The summed E-state index contributed by atoms with van der Waals surface area (Å²) in [6, 6.07) is 6.15. The highest BCUT2D eigenvalue weighted by atomic mass is 32.2. The lowest BCUT2D eigenvalue weighted by molar-refractivity contribution is -0.119. The molecule has 1 N–H and O–H groups in total. The summed E-state index contributed by atoms with van der Waals surface area (Å²) in [6.45, 7) is 7.04. The predicted octanol–water partition coefficient (Wildman–Crippen LogP) is 3.89. The van der Waals surface area contributed by atoms with Crippen molar-refractivity contribution >= 4 is 17.7 Å². The number of rotatable bonds is 9. The Balaban J connectivity index is 1.53. The molecule has 0 aliphatic heterocycles. The molecule has 2 aromatic rings. The summed E-state index contributed by atoms with van der Waals surface area (Å²) in [5.74, 6) is 3.04. The van der Waals surface area contributed by atoms with Crippen LogP contribution in [-0.4, -0.2) is 39.1 Å². The van der Waals surface area contributed by atoms with E-state index in [1.807, 2.05) is 43.7 Å². The van der Waals surface area contributed by atoms with Crippen molar-refractivity contribution in [1.29, 1.82) is 0 Å².